The number of esters is 1. The minimum absolute atomic E-state index is 0.0665. The van der Waals surface area contributed by atoms with Gasteiger partial charge in [0.25, 0.3) is 0 Å². The predicted molar refractivity (Wildman–Crippen MR) is 87.4 cm³/mol. The Balaban J connectivity index is 2.94. The first-order chi connectivity index (χ1) is 9.86. The third-order valence-corrected chi connectivity index (χ3v) is 4.45. The van der Waals surface area contributed by atoms with Crippen LogP contribution in [0.4, 0.5) is 0 Å². The van der Waals surface area contributed by atoms with Gasteiger partial charge in [0.05, 0.1) is 6.61 Å². The maximum atomic E-state index is 12.6. The van der Waals surface area contributed by atoms with E-state index in [1.54, 1.807) is 0 Å². The van der Waals surface area contributed by atoms with Crippen molar-refractivity contribution in [2.45, 2.75) is 90.9 Å². The molecule has 4 nitrogen and oxygen atoms in total. The maximum Gasteiger partial charge on any atom is 0.326 e. The average molecular weight is 298 g/mol. The Morgan fingerprint density at radius 3 is 2.48 bits per heavy atom. The molecule has 0 spiro atoms. The lowest BCUT2D eigenvalue weighted by atomic mass is 9.77. The van der Waals surface area contributed by atoms with Crippen LogP contribution in [0.15, 0.2) is 0 Å². The van der Waals surface area contributed by atoms with Gasteiger partial charge in [-0.2, -0.15) is 0 Å². The molecule has 0 aliphatic heterocycles. The first-order valence-corrected chi connectivity index (χ1v) is 8.57. The van der Waals surface area contributed by atoms with Gasteiger partial charge in [0, 0.05) is 18.1 Å². The van der Waals surface area contributed by atoms with E-state index in [1.165, 1.54) is 6.42 Å². The Morgan fingerprint density at radius 1 is 1.33 bits per heavy atom. The molecule has 0 amide bonds. The Kier molecular flexibility index (Phi) is 7.14. The fourth-order valence-electron chi connectivity index (χ4n) is 3.77. The van der Waals surface area contributed by atoms with Gasteiger partial charge in [0.15, 0.2) is 0 Å². The third kappa shape index (κ3) is 4.68. The number of hydrogen-bond acceptors (Lipinski definition) is 4. The lowest BCUT2D eigenvalue weighted by Crippen LogP contribution is -2.61. The highest BCUT2D eigenvalue weighted by molar-refractivity contribution is 5.81. The quantitative estimate of drug-likeness (QED) is 0.734. The van der Waals surface area contributed by atoms with E-state index in [1.807, 2.05) is 6.92 Å². The summed E-state index contributed by atoms with van der Waals surface area (Å²) < 4.78 is 5.39. The van der Waals surface area contributed by atoms with Gasteiger partial charge in [0.2, 0.25) is 0 Å². The fourth-order valence-corrected chi connectivity index (χ4v) is 3.77. The number of carbonyl (C=O) groups is 1. The summed E-state index contributed by atoms with van der Waals surface area (Å²) >= 11 is 0. The number of hydrogen-bond donors (Lipinski definition) is 1. The van der Waals surface area contributed by atoms with Crippen molar-refractivity contribution in [3.63, 3.8) is 0 Å². The number of rotatable bonds is 7. The minimum Gasteiger partial charge on any atom is -0.465 e. The first kappa shape index (κ1) is 18.4. The van der Waals surface area contributed by atoms with Crippen molar-refractivity contribution in [2.75, 3.05) is 13.2 Å². The molecule has 2 unspecified atom stereocenters. The zero-order chi connectivity index (χ0) is 16.0. The monoisotopic (exact) mass is 298 g/mol. The largest absolute Gasteiger partial charge is 0.465 e. The van der Waals surface area contributed by atoms with Crippen molar-refractivity contribution in [3.05, 3.63) is 0 Å². The lowest BCUT2D eigenvalue weighted by Gasteiger charge is -2.45. The zero-order valence-corrected chi connectivity index (χ0v) is 14.7. The van der Waals surface area contributed by atoms with E-state index >= 15 is 0 Å². The van der Waals surface area contributed by atoms with Crippen LogP contribution in [0.3, 0.4) is 0 Å². The number of ether oxygens (including phenoxy) is 1. The van der Waals surface area contributed by atoms with E-state index in [-0.39, 0.29) is 12.0 Å². The van der Waals surface area contributed by atoms with Crippen molar-refractivity contribution >= 4 is 5.97 Å². The zero-order valence-electron chi connectivity index (χ0n) is 14.7. The summed E-state index contributed by atoms with van der Waals surface area (Å²) in [5.74, 6) is -0.0665. The Bertz CT molecular complexity index is 331. The number of nitrogens with one attached hydrogen (secondary N) is 1. The molecule has 2 atom stereocenters. The summed E-state index contributed by atoms with van der Waals surface area (Å²) in [6.07, 6.45) is 3.99. The van der Waals surface area contributed by atoms with E-state index in [0.717, 1.165) is 25.8 Å². The van der Waals surface area contributed by atoms with Gasteiger partial charge in [-0.05, 0) is 66.8 Å². The van der Waals surface area contributed by atoms with Crippen LogP contribution < -0.4 is 5.32 Å². The highest BCUT2D eigenvalue weighted by Crippen LogP contribution is 2.33. The normalized spacial score (nSPS) is 26.6. The molecule has 1 saturated carbocycles. The standard InChI is InChI=1S/C17H34N2O2/c1-7-19(14(5)6)15-10-9-11-17(12-15,18-13(3)4)16(20)21-8-2/h13-15,18H,7-12H2,1-6H3. The summed E-state index contributed by atoms with van der Waals surface area (Å²) in [5, 5.41) is 3.53. The van der Waals surface area contributed by atoms with Crippen LogP contribution in [0, 0.1) is 0 Å². The average Bonchev–Trinajstić information content (AvgIpc) is 2.39. The van der Waals surface area contributed by atoms with E-state index < -0.39 is 5.54 Å². The molecule has 1 aliphatic rings. The molecule has 1 aliphatic carbocycles. The van der Waals surface area contributed by atoms with Crippen molar-refractivity contribution in [1.29, 1.82) is 0 Å². The fraction of sp³-hybridized carbons (Fsp3) is 0.941. The number of nitrogens with zero attached hydrogens (tertiary/aromatic N) is 1. The molecule has 1 fully saturated rings. The second-order valence-corrected chi connectivity index (χ2v) is 6.78. The molecule has 0 aromatic rings. The molecule has 21 heavy (non-hydrogen) atoms. The molecule has 1 N–H and O–H groups in total. The van der Waals surface area contributed by atoms with Gasteiger partial charge in [0.1, 0.15) is 5.54 Å². The third-order valence-electron chi connectivity index (χ3n) is 4.45. The molecule has 0 aromatic heterocycles. The van der Waals surface area contributed by atoms with Gasteiger partial charge in [-0.3, -0.25) is 15.0 Å². The van der Waals surface area contributed by atoms with Crippen LogP contribution in [0.1, 0.15) is 67.2 Å². The highest BCUT2D eigenvalue weighted by Gasteiger charge is 2.45. The Labute approximate surface area is 130 Å². The summed E-state index contributed by atoms with van der Waals surface area (Å²) in [6.45, 7) is 14.2. The van der Waals surface area contributed by atoms with Crippen molar-refractivity contribution in [2.24, 2.45) is 0 Å². The molecule has 4 heteroatoms. The van der Waals surface area contributed by atoms with Gasteiger partial charge >= 0.3 is 5.97 Å². The molecule has 0 heterocycles. The van der Waals surface area contributed by atoms with E-state index in [4.69, 9.17) is 4.74 Å². The molecule has 0 bridgehead atoms. The highest BCUT2D eigenvalue weighted by atomic mass is 16.5. The topological polar surface area (TPSA) is 41.6 Å². The predicted octanol–water partition coefficient (Wildman–Crippen LogP) is 2.96. The van der Waals surface area contributed by atoms with Crippen LogP contribution in [-0.2, 0) is 9.53 Å². The summed E-state index contributed by atoms with van der Waals surface area (Å²) in [6, 6.07) is 1.25. The molecule has 0 saturated heterocycles. The van der Waals surface area contributed by atoms with Crippen LogP contribution in [-0.4, -0.2) is 47.7 Å². The van der Waals surface area contributed by atoms with Gasteiger partial charge in [-0.25, -0.2) is 0 Å². The van der Waals surface area contributed by atoms with E-state index in [2.05, 4.69) is 44.8 Å². The van der Waals surface area contributed by atoms with Gasteiger partial charge in [-0.15, -0.1) is 0 Å². The second kappa shape index (κ2) is 8.14. The molecule has 1 rings (SSSR count). The second-order valence-electron chi connectivity index (χ2n) is 6.78. The van der Waals surface area contributed by atoms with Gasteiger partial charge < -0.3 is 4.74 Å². The molecular weight excluding hydrogens is 264 g/mol. The van der Waals surface area contributed by atoms with Gasteiger partial charge in [-0.1, -0.05) is 6.92 Å². The SMILES string of the molecule is CCOC(=O)C1(NC(C)C)CCCC(N(CC)C(C)C)C1. The first-order valence-electron chi connectivity index (χ1n) is 8.57. The summed E-state index contributed by atoms with van der Waals surface area (Å²) in [5.41, 5.74) is -0.505. The molecular formula is C17H34N2O2. The van der Waals surface area contributed by atoms with Crippen molar-refractivity contribution in [3.8, 4) is 0 Å². The van der Waals surface area contributed by atoms with Crippen LogP contribution >= 0.6 is 0 Å². The van der Waals surface area contributed by atoms with Crippen LogP contribution in [0.2, 0.25) is 0 Å². The van der Waals surface area contributed by atoms with E-state index in [9.17, 15) is 4.79 Å². The summed E-state index contributed by atoms with van der Waals surface area (Å²) in [4.78, 5) is 15.1. The minimum atomic E-state index is -0.505. The smallest absolute Gasteiger partial charge is 0.326 e. The molecule has 0 aromatic carbocycles. The number of carbonyl (C=O) groups excluding carboxylic acids is 1. The van der Waals surface area contributed by atoms with Crippen molar-refractivity contribution < 1.29 is 9.53 Å². The molecule has 0 radical (unpaired) electrons. The van der Waals surface area contributed by atoms with Crippen molar-refractivity contribution in [1.82, 2.24) is 10.2 Å². The Hall–Kier alpha value is -0.610. The van der Waals surface area contributed by atoms with Crippen LogP contribution in [0.5, 0.6) is 0 Å². The van der Waals surface area contributed by atoms with Crippen LogP contribution in [0.25, 0.3) is 0 Å². The maximum absolute atomic E-state index is 12.6. The lowest BCUT2D eigenvalue weighted by molar-refractivity contribution is -0.154. The summed E-state index contributed by atoms with van der Waals surface area (Å²) in [7, 11) is 0. The van der Waals surface area contributed by atoms with E-state index in [0.29, 0.717) is 18.7 Å². The molecule has 124 valence electrons. The Morgan fingerprint density at radius 2 is 2.00 bits per heavy atom.